The van der Waals surface area contributed by atoms with Crippen molar-refractivity contribution in [3.63, 3.8) is 0 Å². The summed E-state index contributed by atoms with van der Waals surface area (Å²) in [5.41, 5.74) is -1.95. The van der Waals surface area contributed by atoms with Gasteiger partial charge in [0.25, 0.3) is 0 Å². The molecule has 0 bridgehead atoms. The van der Waals surface area contributed by atoms with Crippen LogP contribution in [0.15, 0.2) is 0 Å². The average Bonchev–Trinajstić information content (AvgIpc) is 2.58. The molecule has 6 atom stereocenters. The first-order valence-corrected chi connectivity index (χ1v) is 9.58. The molecule has 6 N–H and O–H groups in total. The summed E-state index contributed by atoms with van der Waals surface area (Å²) in [6.45, 7) is 2.82. The number of hydrogen-bond donors (Lipinski definition) is 6. The van der Waals surface area contributed by atoms with E-state index in [9.17, 15) is 30.3 Å². The number of carbonyl (C=O) groups is 1. The first kappa shape index (κ1) is 23.3. The van der Waals surface area contributed by atoms with E-state index in [1.165, 1.54) is 26.2 Å². The lowest BCUT2D eigenvalue weighted by molar-refractivity contribution is -0.271. The molecule has 1 unspecified atom stereocenters. The molecule has 1 aliphatic rings. The highest BCUT2D eigenvalue weighted by molar-refractivity contribution is 5.76. The first-order valence-electron chi connectivity index (χ1n) is 9.58. The largest absolute Gasteiger partial charge is 0.394 e. The highest BCUT2D eigenvalue weighted by Crippen LogP contribution is 2.27. The van der Waals surface area contributed by atoms with Crippen molar-refractivity contribution in [1.82, 2.24) is 5.32 Å². The van der Waals surface area contributed by atoms with Gasteiger partial charge in [0.1, 0.15) is 30.5 Å². The summed E-state index contributed by atoms with van der Waals surface area (Å²) in [5, 5.41) is 51.8. The fourth-order valence-electron chi connectivity index (χ4n) is 3.22. The van der Waals surface area contributed by atoms with Gasteiger partial charge in [-0.15, -0.1) is 0 Å². The van der Waals surface area contributed by atoms with Crippen molar-refractivity contribution in [2.24, 2.45) is 0 Å². The van der Waals surface area contributed by atoms with Crippen LogP contribution in [0.5, 0.6) is 0 Å². The summed E-state index contributed by atoms with van der Waals surface area (Å²) in [7, 11) is 0. The molecule has 0 aliphatic carbocycles. The zero-order chi connectivity index (χ0) is 19.7. The number of hydrogen-bond acceptors (Lipinski definition) is 7. The third kappa shape index (κ3) is 6.75. The maximum absolute atomic E-state index is 12.1. The second kappa shape index (κ2) is 11.2. The molecule has 26 heavy (non-hydrogen) atoms. The zero-order valence-electron chi connectivity index (χ0n) is 15.8. The van der Waals surface area contributed by atoms with E-state index in [0.29, 0.717) is 6.42 Å². The van der Waals surface area contributed by atoms with Crippen LogP contribution in [0.3, 0.4) is 0 Å². The zero-order valence-corrected chi connectivity index (χ0v) is 15.8. The van der Waals surface area contributed by atoms with Gasteiger partial charge in [0.2, 0.25) is 5.91 Å². The Morgan fingerprint density at radius 1 is 1.00 bits per heavy atom. The Hall–Kier alpha value is -0.770. The molecule has 0 aromatic rings. The number of nitrogens with one attached hydrogen (secondary N) is 1. The molecular weight excluding hydrogens is 342 g/mol. The third-order valence-corrected chi connectivity index (χ3v) is 4.85. The second-order valence-corrected chi connectivity index (χ2v) is 7.32. The van der Waals surface area contributed by atoms with E-state index in [1.807, 2.05) is 0 Å². The molecule has 1 aliphatic heterocycles. The number of aliphatic hydroxyl groups is 5. The lowest BCUT2D eigenvalue weighted by Gasteiger charge is -2.45. The van der Waals surface area contributed by atoms with Crippen molar-refractivity contribution < 1.29 is 35.1 Å². The minimum absolute atomic E-state index is 0.237. The average molecular weight is 377 g/mol. The van der Waals surface area contributed by atoms with Crippen LogP contribution in [0.2, 0.25) is 0 Å². The van der Waals surface area contributed by atoms with E-state index in [1.54, 1.807) is 0 Å². The summed E-state index contributed by atoms with van der Waals surface area (Å²) in [4.78, 5) is 12.1. The van der Waals surface area contributed by atoms with Crippen LogP contribution in [0, 0.1) is 0 Å². The van der Waals surface area contributed by atoms with Crippen molar-refractivity contribution in [3.05, 3.63) is 0 Å². The molecule has 8 heteroatoms. The molecule has 1 rings (SSSR count). The Morgan fingerprint density at radius 2 is 1.58 bits per heavy atom. The van der Waals surface area contributed by atoms with Crippen LogP contribution < -0.4 is 5.32 Å². The highest BCUT2D eigenvalue weighted by Gasteiger charge is 2.50. The SMILES string of the molecule is CCCCCCCCCC(=O)NC(C)(O)[C@H]1O[C@H](CO)[C@@H](O)[C@H](O)[C@H]1O. The fourth-order valence-corrected chi connectivity index (χ4v) is 3.22. The van der Waals surface area contributed by atoms with Crippen molar-refractivity contribution in [1.29, 1.82) is 0 Å². The summed E-state index contributed by atoms with van der Waals surface area (Å²) in [6.07, 6.45) is 0.468. The smallest absolute Gasteiger partial charge is 0.222 e. The number of ether oxygens (including phenoxy) is 1. The molecule has 1 heterocycles. The van der Waals surface area contributed by atoms with Gasteiger partial charge in [0, 0.05) is 6.42 Å². The van der Waals surface area contributed by atoms with Gasteiger partial charge in [0.05, 0.1) is 6.61 Å². The monoisotopic (exact) mass is 377 g/mol. The van der Waals surface area contributed by atoms with Crippen LogP contribution >= 0.6 is 0 Å². The van der Waals surface area contributed by atoms with Gasteiger partial charge in [-0.3, -0.25) is 4.79 Å². The molecular formula is C18H35NO7. The van der Waals surface area contributed by atoms with Crippen LogP contribution in [0.1, 0.15) is 65.2 Å². The Morgan fingerprint density at radius 3 is 2.15 bits per heavy atom. The minimum Gasteiger partial charge on any atom is -0.394 e. The quantitative estimate of drug-likeness (QED) is 0.216. The topological polar surface area (TPSA) is 139 Å². The van der Waals surface area contributed by atoms with Gasteiger partial charge in [0.15, 0.2) is 5.72 Å². The van der Waals surface area contributed by atoms with Crippen molar-refractivity contribution in [2.75, 3.05) is 6.61 Å². The molecule has 8 nitrogen and oxygen atoms in total. The van der Waals surface area contributed by atoms with Crippen molar-refractivity contribution in [2.45, 2.75) is 101 Å². The van der Waals surface area contributed by atoms with E-state index in [2.05, 4.69) is 12.2 Å². The molecule has 0 aromatic carbocycles. The van der Waals surface area contributed by atoms with E-state index in [4.69, 9.17) is 4.74 Å². The van der Waals surface area contributed by atoms with E-state index in [0.717, 1.165) is 19.3 Å². The molecule has 1 saturated heterocycles. The summed E-state index contributed by atoms with van der Waals surface area (Å²) < 4.78 is 5.30. The number of amides is 1. The third-order valence-electron chi connectivity index (χ3n) is 4.85. The van der Waals surface area contributed by atoms with Crippen molar-refractivity contribution in [3.8, 4) is 0 Å². The predicted octanol–water partition coefficient (Wildman–Crippen LogP) is -0.206. The standard InChI is InChI=1S/C18H35NO7/c1-3-4-5-6-7-8-9-10-13(21)19-18(2,25)17-16(24)15(23)14(22)12(11-20)26-17/h12,14-17,20,22-25H,3-11H2,1-2H3,(H,19,21)/t12-,14-,15+,16-,17+,18?/m1/s1. The van der Waals surface area contributed by atoms with Crippen LogP contribution in [0.25, 0.3) is 0 Å². The van der Waals surface area contributed by atoms with Crippen LogP contribution in [0.4, 0.5) is 0 Å². The van der Waals surface area contributed by atoms with Gasteiger partial charge in [-0.05, 0) is 13.3 Å². The first-order chi connectivity index (χ1) is 12.2. The summed E-state index contributed by atoms with van der Waals surface area (Å²) >= 11 is 0. The van der Waals surface area contributed by atoms with Gasteiger partial charge in [-0.2, -0.15) is 0 Å². The molecule has 0 saturated carbocycles. The number of rotatable bonds is 11. The van der Waals surface area contributed by atoms with Gasteiger partial charge in [-0.25, -0.2) is 0 Å². The fraction of sp³-hybridized carbons (Fsp3) is 0.944. The highest BCUT2D eigenvalue weighted by atomic mass is 16.6. The van der Waals surface area contributed by atoms with E-state index in [-0.39, 0.29) is 12.3 Å². The Labute approximate surface area is 155 Å². The number of unbranched alkanes of at least 4 members (excludes halogenated alkanes) is 6. The van der Waals surface area contributed by atoms with Crippen LogP contribution in [-0.2, 0) is 9.53 Å². The molecule has 0 aromatic heterocycles. The van der Waals surface area contributed by atoms with Gasteiger partial charge < -0.3 is 35.6 Å². The molecule has 1 fully saturated rings. The maximum Gasteiger partial charge on any atom is 0.222 e. The summed E-state index contributed by atoms with van der Waals surface area (Å²) in [6, 6.07) is 0. The molecule has 0 spiro atoms. The van der Waals surface area contributed by atoms with Crippen LogP contribution in [-0.4, -0.2) is 74.3 Å². The lowest BCUT2D eigenvalue weighted by atomic mass is 9.90. The minimum atomic E-state index is -1.95. The Bertz CT molecular complexity index is 416. The molecule has 154 valence electrons. The normalized spacial score (nSPS) is 31.4. The maximum atomic E-state index is 12.1. The van der Waals surface area contributed by atoms with Gasteiger partial charge >= 0.3 is 0 Å². The van der Waals surface area contributed by atoms with E-state index >= 15 is 0 Å². The number of aliphatic hydroxyl groups excluding tert-OH is 4. The predicted molar refractivity (Wildman–Crippen MR) is 95.1 cm³/mol. The Balaban J connectivity index is 2.45. The second-order valence-electron chi connectivity index (χ2n) is 7.32. The molecule has 1 amide bonds. The Kier molecular flexibility index (Phi) is 9.99. The lowest BCUT2D eigenvalue weighted by Crippen LogP contribution is -2.68. The van der Waals surface area contributed by atoms with Gasteiger partial charge in [-0.1, -0.05) is 45.4 Å². The number of carbonyl (C=O) groups excluding carboxylic acids is 1. The van der Waals surface area contributed by atoms with Crippen molar-refractivity contribution >= 4 is 5.91 Å². The molecule has 0 radical (unpaired) electrons. The summed E-state index contributed by atoms with van der Waals surface area (Å²) in [5.74, 6) is -0.388. The van der Waals surface area contributed by atoms with E-state index < -0.39 is 42.9 Å².